The minimum Gasteiger partial charge on any atom is -0.379 e. The monoisotopic (exact) mass is 315 g/mol. The molecule has 0 aliphatic rings. The normalized spacial score (nSPS) is 11.3. The lowest BCUT2D eigenvalue weighted by Crippen LogP contribution is -2.11. The number of nitrogens with zero attached hydrogens (tertiary/aromatic N) is 1. The van der Waals surface area contributed by atoms with E-state index in [1.54, 1.807) is 17.4 Å². The van der Waals surface area contributed by atoms with Crippen LogP contribution in [0.3, 0.4) is 0 Å². The van der Waals surface area contributed by atoms with Gasteiger partial charge in [0.2, 0.25) is 10.0 Å². The van der Waals surface area contributed by atoms with E-state index in [-0.39, 0.29) is 5.69 Å². The van der Waals surface area contributed by atoms with Gasteiger partial charge in [-0.2, -0.15) is 0 Å². The van der Waals surface area contributed by atoms with Crippen molar-refractivity contribution in [1.29, 1.82) is 0 Å². The van der Waals surface area contributed by atoms with E-state index in [0.717, 1.165) is 17.0 Å². The molecule has 0 unspecified atom stereocenters. The Morgan fingerprint density at radius 1 is 1.40 bits per heavy atom. The second-order valence-electron chi connectivity index (χ2n) is 4.28. The lowest BCUT2D eigenvalue weighted by Gasteiger charge is -2.09. The molecule has 0 bridgehead atoms. The molecule has 0 amide bonds. The van der Waals surface area contributed by atoms with Crippen molar-refractivity contribution < 1.29 is 12.8 Å². The maximum atomic E-state index is 13.5. The molecule has 1 heterocycles. The standard InChI is InChI=1S/C12H14FN3O2S2/c1-8-15-10(7-19-8)6-14-9-3-4-11(13)12(5-9)16-20(2,17)18/h3-5,7,14,16H,6H2,1-2H3. The van der Waals surface area contributed by atoms with E-state index in [2.05, 4.69) is 15.0 Å². The number of aryl methyl sites for hydroxylation is 1. The molecule has 1 aromatic heterocycles. The number of anilines is 2. The number of hydrogen-bond donors (Lipinski definition) is 2. The SMILES string of the molecule is Cc1nc(CNc2ccc(F)c(NS(C)(=O)=O)c2)cs1. The molecule has 2 N–H and O–H groups in total. The van der Waals surface area contributed by atoms with Gasteiger partial charge >= 0.3 is 0 Å². The van der Waals surface area contributed by atoms with Crippen molar-refractivity contribution in [2.45, 2.75) is 13.5 Å². The highest BCUT2D eigenvalue weighted by molar-refractivity contribution is 7.92. The summed E-state index contributed by atoms with van der Waals surface area (Å²) in [5, 5.41) is 5.97. The van der Waals surface area contributed by atoms with Crippen LogP contribution in [0.15, 0.2) is 23.6 Å². The summed E-state index contributed by atoms with van der Waals surface area (Å²) in [4.78, 5) is 4.30. The van der Waals surface area contributed by atoms with Gasteiger partial charge in [-0.3, -0.25) is 4.72 Å². The average Bonchev–Trinajstić information content (AvgIpc) is 2.74. The topological polar surface area (TPSA) is 71.1 Å². The highest BCUT2D eigenvalue weighted by Gasteiger charge is 2.08. The number of halogens is 1. The lowest BCUT2D eigenvalue weighted by molar-refractivity contribution is 0.604. The summed E-state index contributed by atoms with van der Waals surface area (Å²) in [6.45, 7) is 2.41. The van der Waals surface area contributed by atoms with Crippen molar-refractivity contribution in [2.75, 3.05) is 16.3 Å². The number of aromatic nitrogens is 1. The van der Waals surface area contributed by atoms with E-state index in [1.807, 2.05) is 12.3 Å². The van der Waals surface area contributed by atoms with E-state index in [0.29, 0.717) is 12.2 Å². The first-order valence-electron chi connectivity index (χ1n) is 5.76. The second-order valence-corrected chi connectivity index (χ2v) is 7.09. The van der Waals surface area contributed by atoms with Crippen molar-refractivity contribution >= 4 is 32.7 Å². The molecule has 0 saturated carbocycles. The van der Waals surface area contributed by atoms with Gasteiger partial charge in [-0.25, -0.2) is 17.8 Å². The van der Waals surface area contributed by atoms with Crippen molar-refractivity contribution in [3.63, 3.8) is 0 Å². The molecule has 0 atom stereocenters. The molecule has 1 aromatic carbocycles. The number of benzene rings is 1. The number of nitrogens with one attached hydrogen (secondary N) is 2. The zero-order valence-corrected chi connectivity index (χ0v) is 12.6. The Morgan fingerprint density at radius 3 is 2.75 bits per heavy atom. The third-order valence-electron chi connectivity index (χ3n) is 2.40. The Morgan fingerprint density at radius 2 is 2.15 bits per heavy atom. The van der Waals surface area contributed by atoms with Gasteiger partial charge in [-0.15, -0.1) is 11.3 Å². The van der Waals surface area contributed by atoms with Crippen molar-refractivity contribution in [2.24, 2.45) is 0 Å². The second kappa shape index (κ2) is 5.76. The predicted octanol–water partition coefficient (Wildman–Crippen LogP) is 2.57. The van der Waals surface area contributed by atoms with Crippen LogP contribution < -0.4 is 10.0 Å². The van der Waals surface area contributed by atoms with Crippen LogP contribution in [0, 0.1) is 12.7 Å². The molecule has 0 saturated heterocycles. The molecule has 0 aliphatic heterocycles. The molecule has 2 rings (SSSR count). The van der Waals surface area contributed by atoms with Crippen molar-refractivity contribution in [1.82, 2.24) is 4.98 Å². The molecular weight excluding hydrogens is 301 g/mol. The van der Waals surface area contributed by atoms with Gasteiger partial charge < -0.3 is 5.32 Å². The van der Waals surface area contributed by atoms with Crippen molar-refractivity contribution in [3.8, 4) is 0 Å². The fourth-order valence-corrected chi connectivity index (χ4v) is 2.76. The van der Waals surface area contributed by atoms with Crippen LogP contribution in [0.2, 0.25) is 0 Å². The fraction of sp³-hybridized carbons (Fsp3) is 0.250. The molecule has 5 nitrogen and oxygen atoms in total. The number of sulfonamides is 1. The molecule has 108 valence electrons. The Hall–Kier alpha value is -1.67. The summed E-state index contributed by atoms with van der Waals surface area (Å²) in [7, 11) is -3.51. The van der Waals surface area contributed by atoms with Gasteiger partial charge in [0.05, 0.1) is 29.2 Å². The molecule has 0 fully saturated rings. The van der Waals surface area contributed by atoms with Crippen LogP contribution in [0.1, 0.15) is 10.7 Å². The molecule has 2 aromatic rings. The summed E-state index contributed by atoms with van der Waals surface area (Å²) in [5.74, 6) is -0.620. The summed E-state index contributed by atoms with van der Waals surface area (Å²) in [5.41, 5.74) is 1.42. The fourth-order valence-electron chi connectivity index (χ4n) is 1.60. The Labute approximate surface area is 120 Å². The smallest absolute Gasteiger partial charge is 0.229 e. The van der Waals surface area contributed by atoms with E-state index >= 15 is 0 Å². The first-order valence-corrected chi connectivity index (χ1v) is 8.53. The summed E-state index contributed by atoms with van der Waals surface area (Å²) in [6.07, 6.45) is 0.977. The minimum atomic E-state index is -3.51. The predicted molar refractivity (Wildman–Crippen MR) is 79.0 cm³/mol. The van der Waals surface area contributed by atoms with Crippen LogP contribution in [-0.4, -0.2) is 19.7 Å². The number of thiazole rings is 1. The minimum absolute atomic E-state index is 0.0769. The number of hydrogen-bond acceptors (Lipinski definition) is 5. The quantitative estimate of drug-likeness (QED) is 0.889. The Balaban J connectivity index is 2.11. The third-order valence-corrected chi connectivity index (χ3v) is 3.81. The van der Waals surface area contributed by atoms with Crippen LogP contribution >= 0.6 is 11.3 Å². The summed E-state index contributed by atoms with van der Waals surface area (Å²) in [6, 6.07) is 4.17. The molecule has 20 heavy (non-hydrogen) atoms. The van der Waals surface area contributed by atoms with Crippen LogP contribution in [0.5, 0.6) is 0 Å². The molecule has 0 spiro atoms. The third kappa shape index (κ3) is 4.17. The first kappa shape index (κ1) is 14.7. The molecular formula is C12H14FN3O2S2. The zero-order chi connectivity index (χ0) is 14.8. The van der Waals surface area contributed by atoms with Crippen molar-refractivity contribution in [3.05, 3.63) is 40.1 Å². The maximum absolute atomic E-state index is 13.5. The Kier molecular flexibility index (Phi) is 4.24. The van der Waals surface area contributed by atoms with Crippen LogP contribution in [0.4, 0.5) is 15.8 Å². The van der Waals surface area contributed by atoms with E-state index in [1.165, 1.54) is 12.1 Å². The summed E-state index contributed by atoms with van der Waals surface area (Å²) < 4.78 is 37.9. The van der Waals surface area contributed by atoms with Gasteiger partial charge in [0.15, 0.2) is 0 Å². The maximum Gasteiger partial charge on any atom is 0.229 e. The largest absolute Gasteiger partial charge is 0.379 e. The van der Waals surface area contributed by atoms with Gasteiger partial charge in [0.25, 0.3) is 0 Å². The molecule has 0 aliphatic carbocycles. The summed E-state index contributed by atoms with van der Waals surface area (Å²) >= 11 is 1.55. The number of rotatable bonds is 5. The molecule has 0 radical (unpaired) electrons. The average molecular weight is 315 g/mol. The van der Waals surface area contributed by atoms with E-state index < -0.39 is 15.8 Å². The highest BCUT2D eigenvalue weighted by atomic mass is 32.2. The van der Waals surface area contributed by atoms with Gasteiger partial charge in [-0.1, -0.05) is 0 Å². The molecule has 8 heteroatoms. The van der Waals surface area contributed by atoms with Gasteiger partial charge in [0.1, 0.15) is 5.82 Å². The van der Waals surface area contributed by atoms with Crippen LogP contribution in [0.25, 0.3) is 0 Å². The first-order chi connectivity index (χ1) is 9.33. The zero-order valence-electron chi connectivity index (χ0n) is 11.0. The Bertz CT molecular complexity index is 713. The van der Waals surface area contributed by atoms with Gasteiger partial charge in [-0.05, 0) is 25.1 Å². The van der Waals surface area contributed by atoms with Gasteiger partial charge in [0, 0.05) is 11.1 Å². The highest BCUT2D eigenvalue weighted by Crippen LogP contribution is 2.21. The van der Waals surface area contributed by atoms with Crippen LogP contribution in [-0.2, 0) is 16.6 Å². The van der Waals surface area contributed by atoms with E-state index in [9.17, 15) is 12.8 Å². The lowest BCUT2D eigenvalue weighted by atomic mass is 10.2. The van der Waals surface area contributed by atoms with E-state index in [4.69, 9.17) is 0 Å².